The third-order valence-electron chi connectivity index (χ3n) is 5.00. The summed E-state index contributed by atoms with van der Waals surface area (Å²) in [7, 11) is 3.04. The minimum atomic E-state index is -0.0422. The Bertz CT molecular complexity index is 860. The van der Waals surface area contributed by atoms with Gasteiger partial charge in [0.2, 0.25) is 10.5 Å². The van der Waals surface area contributed by atoms with Crippen molar-refractivity contribution in [1.82, 2.24) is 0 Å². The number of phenols is 1. The molecule has 3 rings (SSSR count). The number of fused-ring (bicyclic) bond motifs is 3. The number of phenolic OH excluding ortho intramolecular Hbond substituents is 1. The lowest BCUT2D eigenvalue weighted by Gasteiger charge is -2.19. The summed E-state index contributed by atoms with van der Waals surface area (Å²) in [6, 6.07) is 5.95. The average molecular weight is 337 g/mol. The molecular weight excluding hydrogens is 316 g/mol. The third-order valence-corrected chi connectivity index (χ3v) is 5.15. The van der Waals surface area contributed by atoms with Gasteiger partial charge in [0.1, 0.15) is 5.75 Å². The second-order valence-corrected chi connectivity index (χ2v) is 7.74. The molecule has 0 amide bonds. The summed E-state index contributed by atoms with van der Waals surface area (Å²) in [5.74, 6) is 0.152. The van der Waals surface area contributed by atoms with E-state index in [0.29, 0.717) is 16.7 Å². The number of benzene rings is 2. The second-order valence-electron chi connectivity index (χ2n) is 7.46. The van der Waals surface area contributed by atoms with Crippen molar-refractivity contribution in [3.8, 4) is 16.9 Å². The Morgan fingerprint density at radius 2 is 1.75 bits per heavy atom. The van der Waals surface area contributed by atoms with E-state index in [1.807, 2.05) is 32.0 Å². The van der Waals surface area contributed by atoms with Gasteiger partial charge in [0.05, 0.1) is 6.61 Å². The smallest absolute Gasteiger partial charge is 0.246 e. The van der Waals surface area contributed by atoms with E-state index in [4.69, 9.17) is 4.43 Å². The minimum absolute atomic E-state index is 0.0387. The van der Waals surface area contributed by atoms with E-state index in [1.165, 1.54) is 0 Å². The van der Waals surface area contributed by atoms with Gasteiger partial charge in [-0.25, -0.2) is 0 Å². The highest BCUT2D eigenvalue weighted by molar-refractivity contribution is 6.24. The maximum Gasteiger partial charge on any atom is 0.246 e. The van der Waals surface area contributed by atoms with Gasteiger partial charge in [-0.05, 0) is 53.1 Å². The monoisotopic (exact) mass is 337 g/mol. The van der Waals surface area contributed by atoms with E-state index >= 15 is 0 Å². The van der Waals surface area contributed by atoms with Crippen LogP contribution in [0.15, 0.2) is 18.2 Å². The highest BCUT2D eigenvalue weighted by atomic mass is 28.2. The minimum Gasteiger partial charge on any atom is -0.507 e. The van der Waals surface area contributed by atoms with Gasteiger partial charge in [0.15, 0.2) is 5.78 Å². The van der Waals surface area contributed by atoms with Crippen LogP contribution >= 0.6 is 0 Å². The molecule has 0 saturated heterocycles. The van der Waals surface area contributed by atoms with E-state index in [1.54, 1.807) is 0 Å². The molecule has 2 aromatic rings. The number of hydrogen-bond acceptors (Lipinski definition) is 3. The first kappa shape index (κ1) is 16.9. The van der Waals surface area contributed by atoms with Crippen LogP contribution in [0, 0.1) is 13.8 Å². The molecular formula is C20H21O3Si. The Labute approximate surface area is 146 Å². The van der Waals surface area contributed by atoms with Gasteiger partial charge in [-0.3, -0.25) is 4.79 Å². The molecule has 1 aliphatic carbocycles. The molecule has 0 heterocycles. The first-order valence-corrected chi connectivity index (χ1v) is 8.42. The summed E-state index contributed by atoms with van der Waals surface area (Å²) in [5.41, 5.74) is 6.23. The summed E-state index contributed by atoms with van der Waals surface area (Å²) in [5, 5.41) is 10.7. The van der Waals surface area contributed by atoms with Crippen molar-refractivity contribution in [1.29, 1.82) is 0 Å². The van der Waals surface area contributed by atoms with Crippen LogP contribution in [-0.2, 0) is 16.4 Å². The van der Waals surface area contributed by atoms with Crippen LogP contribution in [0.2, 0.25) is 0 Å². The normalized spacial score (nSPS) is 13.2. The van der Waals surface area contributed by atoms with Gasteiger partial charge in [-0.15, -0.1) is 0 Å². The SMILES string of the molecule is Cc1c(C)c(CO[Si])c2c(c1O)-c1ccc(C(C)(C)C)cc1C2=O. The average Bonchev–Trinajstić information content (AvgIpc) is 2.81. The Balaban J connectivity index is 2.33. The number of carbonyl (C=O) groups excluding carboxylic acids is 1. The number of ketones is 1. The van der Waals surface area contributed by atoms with E-state index < -0.39 is 0 Å². The molecule has 123 valence electrons. The van der Waals surface area contributed by atoms with Crippen molar-refractivity contribution in [2.24, 2.45) is 0 Å². The van der Waals surface area contributed by atoms with Crippen LogP contribution in [0.5, 0.6) is 5.75 Å². The van der Waals surface area contributed by atoms with Gasteiger partial charge in [-0.1, -0.05) is 32.9 Å². The summed E-state index contributed by atoms with van der Waals surface area (Å²) in [4.78, 5) is 13.1. The molecule has 1 N–H and O–H groups in total. The van der Waals surface area contributed by atoms with E-state index in [9.17, 15) is 9.90 Å². The van der Waals surface area contributed by atoms with Crippen molar-refractivity contribution in [3.63, 3.8) is 0 Å². The first-order valence-electron chi connectivity index (χ1n) is 8.01. The first-order chi connectivity index (χ1) is 11.2. The molecule has 2 aromatic carbocycles. The molecule has 0 atom stereocenters. The van der Waals surface area contributed by atoms with E-state index in [2.05, 4.69) is 31.3 Å². The van der Waals surface area contributed by atoms with E-state index in [0.717, 1.165) is 27.8 Å². The van der Waals surface area contributed by atoms with Crippen molar-refractivity contribution in [3.05, 3.63) is 51.6 Å². The molecule has 0 bridgehead atoms. The lowest BCUT2D eigenvalue weighted by molar-refractivity contribution is 0.104. The number of hydrogen-bond donors (Lipinski definition) is 1. The summed E-state index contributed by atoms with van der Waals surface area (Å²) < 4.78 is 5.13. The number of aromatic hydroxyl groups is 1. The van der Waals surface area contributed by atoms with E-state index in [-0.39, 0.29) is 23.6 Å². The molecule has 4 heteroatoms. The quantitative estimate of drug-likeness (QED) is 0.716. The molecule has 3 nitrogen and oxygen atoms in total. The zero-order valence-corrected chi connectivity index (χ0v) is 15.7. The molecule has 0 aromatic heterocycles. The summed E-state index contributed by atoms with van der Waals surface area (Å²) >= 11 is 0. The zero-order chi connectivity index (χ0) is 17.8. The van der Waals surface area contributed by atoms with Gasteiger partial charge in [0.25, 0.3) is 0 Å². The van der Waals surface area contributed by atoms with Crippen molar-refractivity contribution >= 4 is 16.3 Å². The number of rotatable bonds is 2. The van der Waals surface area contributed by atoms with Crippen LogP contribution in [-0.4, -0.2) is 21.4 Å². The zero-order valence-electron chi connectivity index (χ0n) is 14.7. The topological polar surface area (TPSA) is 46.5 Å². The second kappa shape index (κ2) is 5.57. The maximum atomic E-state index is 13.1. The molecule has 0 saturated carbocycles. The van der Waals surface area contributed by atoms with Crippen molar-refractivity contribution < 1.29 is 14.3 Å². The van der Waals surface area contributed by atoms with Gasteiger partial charge in [-0.2, -0.15) is 0 Å². The maximum absolute atomic E-state index is 13.1. The standard InChI is InChI=1S/C20H21O3Si/c1-10-11(2)18(21)16-13-7-6-12(20(3,4)5)8-14(13)19(22)17(16)15(10)9-23-24/h6-8,21H,9H2,1-5H3. The fourth-order valence-electron chi connectivity index (χ4n) is 3.36. The lowest BCUT2D eigenvalue weighted by atomic mass is 9.85. The highest BCUT2D eigenvalue weighted by Gasteiger charge is 2.34. The predicted molar refractivity (Wildman–Crippen MR) is 95.7 cm³/mol. The molecule has 24 heavy (non-hydrogen) atoms. The summed E-state index contributed by atoms with van der Waals surface area (Å²) in [6.45, 7) is 10.4. The van der Waals surface area contributed by atoms with Crippen LogP contribution in [0.4, 0.5) is 0 Å². The summed E-state index contributed by atoms with van der Waals surface area (Å²) in [6.07, 6.45) is 0. The van der Waals surface area contributed by atoms with Crippen LogP contribution < -0.4 is 0 Å². The highest BCUT2D eigenvalue weighted by Crippen LogP contribution is 2.47. The Kier molecular flexibility index (Phi) is 3.93. The number of carbonyl (C=O) groups is 1. The largest absolute Gasteiger partial charge is 0.507 e. The van der Waals surface area contributed by atoms with Gasteiger partial charge >= 0.3 is 0 Å². The van der Waals surface area contributed by atoms with Gasteiger partial charge < -0.3 is 9.53 Å². The third kappa shape index (κ3) is 2.33. The Hall–Kier alpha value is -1.91. The molecule has 0 spiro atoms. The van der Waals surface area contributed by atoms with Crippen molar-refractivity contribution in [2.45, 2.75) is 46.6 Å². The predicted octanol–water partition coefficient (Wildman–Crippen LogP) is 4.12. The Morgan fingerprint density at radius 1 is 1.08 bits per heavy atom. The lowest BCUT2D eigenvalue weighted by Crippen LogP contribution is -2.12. The molecule has 0 unspecified atom stereocenters. The molecule has 0 fully saturated rings. The molecule has 0 aliphatic heterocycles. The van der Waals surface area contributed by atoms with Gasteiger partial charge in [0, 0.05) is 16.7 Å². The molecule has 1 aliphatic rings. The Morgan fingerprint density at radius 3 is 2.33 bits per heavy atom. The van der Waals surface area contributed by atoms with Crippen LogP contribution in [0.25, 0.3) is 11.1 Å². The van der Waals surface area contributed by atoms with Crippen LogP contribution in [0.3, 0.4) is 0 Å². The fourth-order valence-corrected chi connectivity index (χ4v) is 3.51. The fraction of sp³-hybridized carbons (Fsp3) is 0.350. The van der Waals surface area contributed by atoms with Crippen LogP contribution in [0.1, 0.15) is 58.9 Å². The van der Waals surface area contributed by atoms with Crippen molar-refractivity contribution in [2.75, 3.05) is 0 Å². The molecule has 3 radical (unpaired) electrons.